The molecule has 2 aromatic carbocycles. The zero-order chi connectivity index (χ0) is 22.8. The van der Waals surface area contributed by atoms with Gasteiger partial charge in [0.25, 0.3) is 5.91 Å². The van der Waals surface area contributed by atoms with Crippen molar-refractivity contribution in [2.24, 2.45) is 0 Å². The minimum absolute atomic E-state index is 0.0916. The van der Waals surface area contributed by atoms with Gasteiger partial charge in [-0.25, -0.2) is 4.39 Å². The number of piperazine rings is 1. The number of alkyl halides is 3. The number of aromatic hydroxyl groups is 1. The van der Waals surface area contributed by atoms with E-state index in [1.165, 1.54) is 12.1 Å². The molecule has 2 aromatic rings. The number of phenols is 1. The lowest BCUT2D eigenvalue weighted by atomic mass is 10.0. The average Bonchev–Trinajstić information content (AvgIpc) is 2.71. The maximum Gasteiger partial charge on any atom is 0.416 e. The third kappa shape index (κ3) is 5.39. The molecule has 10 heteroatoms. The quantitative estimate of drug-likeness (QED) is 0.552. The van der Waals surface area contributed by atoms with Crippen LogP contribution in [0.15, 0.2) is 30.3 Å². The number of nitrogens with one attached hydrogen (secondary N) is 1. The van der Waals surface area contributed by atoms with Gasteiger partial charge in [0.2, 0.25) is 0 Å². The van der Waals surface area contributed by atoms with Crippen LogP contribution in [0.25, 0.3) is 0 Å². The number of aldehydes is 1. The van der Waals surface area contributed by atoms with E-state index in [0.29, 0.717) is 19.2 Å². The van der Waals surface area contributed by atoms with E-state index in [-0.39, 0.29) is 29.6 Å². The summed E-state index contributed by atoms with van der Waals surface area (Å²) in [5.41, 5.74) is -1.65. The Kier molecular flexibility index (Phi) is 6.61. The number of carbonyl (C=O) groups is 2. The zero-order valence-electron chi connectivity index (χ0n) is 16.7. The van der Waals surface area contributed by atoms with Crippen molar-refractivity contribution in [2.45, 2.75) is 12.7 Å². The van der Waals surface area contributed by atoms with Crippen molar-refractivity contribution in [2.75, 3.05) is 38.5 Å². The van der Waals surface area contributed by atoms with E-state index in [0.717, 1.165) is 25.2 Å². The fourth-order valence-corrected chi connectivity index (χ4v) is 3.35. The van der Waals surface area contributed by atoms with Crippen LogP contribution in [0.4, 0.5) is 23.2 Å². The summed E-state index contributed by atoms with van der Waals surface area (Å²) in [6.07, 6.45) is -4.46. The molecule has 0 radical (unpaired) electrons. The van der Waals surface area contributed by atoms with E-state index in [1.807, 2.05) is 11.9 Å². The lowest BCUT2D eigenvalue weighted by molar-refractivity contribution is -0.138. The van der Waals surface area contributed by atoms with Gasteiger partial charge in [0.1, 0.15) is 0 Å². The Morgan fingerprint density at radius 2 is 1.84 bits per heavy atom. The summed E-state index contributed by atoms with van der Waals surface area (Å²) in [6, 6.07) is 5.14. The summed E-state index contributed by atoms with van der Waals surface area (Å²) in [6.45, 7) is 2.96. The maximum absolute atomic E-state index is 13.7. The van der Waals surface area contributed by atoms with E-state index in [9.17, 15) is 32.3 Å². The molecule has 2 N–H and O–H groups in total. The normalized spacial score (nSPS) is 15.6. The first-order valence-electron chi connectivity index (χ1n) is 9.48. The Balaban J connectivity index is 1.83. The first-order chi connectivity index (χ1) is 14.6. The highest BCUT2D eigenvalue weighted by Crippen LogP contribution is 2.35. The van der Waals surface area contributed by atoms with E-state index in [1.54, 1.807) is 0 Å². The van der Waals surface area contributed by atoms with Gasteiger partial charge in [0, 0.05) is 44.0 Å². The molecule has 0 atom stereocenters. The molecule has 0 saturated carbocycles. The Labute approximate surface area is 176 Å². The Hall–Kier alpha value is -2.98. The molecule has 31 heavy (non-hydrogen) atoms. The van der Waals surface area contributed by atoms with Crippen molar-refractivity contribution in [3.63, 3.8) is 0 Å². The number of nitrogens with zero attached hydrogens (tertiary/aromatic N) is 2. The summed E-state index contributed by atoms with van der Waals surface area (Å²) >= 11 is 0. The predicted molar refractivity (Wildman–Crippen MR) is 106 cm³/mol. The molecule has 0 unspecified atom stereocenters. The summed E-state index contributed by atoms with van der Waals surface area (Å²) in [7, 11) is 1.95. The molecule has 1 saturated heterocycles. The number of carbonyl (C=O) groups excluding carboxylic acids is 2. The van der Waals surface area contributed by atoms with Crippen molar-refractivity contribution in [3.8, 4) is 5.75 Å². The van der Waals surface area contributed by atoms with Crippen LogP contribution in [0.1, 0.15) is 31.8 Å². The first-order valence-corrected chi connectivity index (χ1v) is 9.48. The van der Waals surface area contributed by atoms with Crippen LogP contribution >= 0.6 is 0 Å². The minimum Gasteiger partial charge on any atom is -0.504 e. The van der Waals surface area contributed by atoms with E-state index in [2.05, 4.69) is 10.2 Å². The highest BCUT2D eigenvalue weighted by atomic mass is 19.4. The van der Waals surface area contributed by atoms with Crippen LogP contribution in [0.5, 0.6) is 5.75 Å². The van der Waals surface area contributed by atoms with Gasteiger partial charge in [-0.3, -0.25) is 14.5 Å². The molecule has 166 valence electrons. The summed E-state index contributed by atoms with van der Waals surface area (Å²) in [5, 5.41) is 11.7. The Morgan fingerprint density at radius 3 is 2.45 bits per heavy atom. The van der Waals surface area contributed by atoms with Crippen molar-refractivity contribution < 1.29 is 32.3 Å². The third-order valence-corrected chi connectivity index (χ3v) is 5.15. The van der Waals surface area contributed by atoms with Gasteiger partial charge in [0.05, 0.1) is 11.1 Å². The van der Waals surface area contributed by atoms with Crippen molar-refractivity contribution in [1.82, 2.24) is 9.80 Å². The van der Waals surface area contributed by atoms with Gasteiger partial charge in [-0.1, -0.05) is 6.07 Å². The topological polar surface area (TPSA) is 72.9 Å². The van der Waals surface area contributed by atoms with Gasteiger partial charge in [-0.15, -0.1) is 0 Å². The van der Waals surface area contributed by atoms with Crippen LogP contribution in [0.3, 0.4) is 0 Å². The number of rotatable bonds is 5. The lowest BCUT2D eigenvalue weighted by Gasteiger charge is -2.33. The average molecular weight is 439 g/mol. The van der Waals surface area contributed by atoms with Crippen LogP contribution in [-0.2, 0) is 12.7 Å². The predicted octanol–water partition coefficient (Wildman–Crippen LogP) is 3.36. The van der Waals surface area contributed by atoms with Crippen LogP contribution < -0.4 is 5.32 Å². The molecule has 1 heterocycles. The van der Waals surface area contributed by atoms with E-state index >= 15 is 0 Å². The van der Waals surface area contributed by atoms with Crippen molar-refractivity contribution >= 4 is 17.9 Å². The number of phenolic OH excluding ortho intramolecular Hbond substituents is 1. The van der Waals surface area contributed by atoms with E-state index in [4.69, 9.17) is 0 Å². The number of benzene rings is 2. The highest BCUT2D eigenvalue weighted by molar-refractivity contribution is 6.05. The van der Waals surface area contributed by atoms with Crippen LogP contribution in [0.2, 0.25) is 0 Å². The second-order valence-electron chi connectivity index (χ2n) is 7.42. The maximum atomic E-state index is 13.7. The standard InChI is InChI=1S/C21H21F4N3O3/c1-27-4-6-28(7-5-27)11-13-2-3-16(10-17(13)21(23,24)25)26-20(31)14-8-15(12-29)19(30)18(22)9-14/h2-3,8-10,12,30H,4-7,11H2,1H3,(H,26,31). The third-order valence-electron chi connectivity index (χ3n) is 5.15. The smallest absolute Gasteiger partial charge is 0.416 e. The Morgan fingerprint density at radius 1 is 1.16 bits per heavy atom. The molecule has 0 spiro atoms. The Bertz CT molecular complexity index is 987. The molecule has 1 amide bonds. The molecule has 6 nitrogen and oxygen atoms in total. The second-order valence-corrected chi connectivity index (χ2v) is 7.42. The fourth-order valence-electron chi connectivity index (χ4n) is 3.35. The zero-order valence-corrected chi connectivity index (χ0v) is 16.7. The summed E-state index contributed by atoms with van der Waals surface area (Å²) < 4.78 is 54.6. The summed E-state index contributed by atoms with van der Waals surface area (Å²) in [4.78, 5) is 27.3. The SMILES string of the molecule is CN1CCN(Cc2ccc(NC(=O)c3cc(F)c(O)c(C=O)c3)cc2C(F)(F)F)CC1. The molecule has 1 aliphatic rings. The molecule has 0 aliphatic carbocycles. The fraction of sp³-hybridized carbons (Fsp3) is 0.333. The molecule has 0 bridgehead atoms. The van der Waals surface area contributed by atoms with Crippen molar-refractivity contribution in [1.29, 1.82) is 0 Å². The van der Waals surface area contributed by atoms with Crippen LogP contribution in [-0.4, -0.2) is 60.3 Å². The molecular formula is C21H21F4N3O3. The minimum atomic E-state index is -4.63. The van der Waals surface area contributed by atoms with Gasteiger partial charge >= 0.3 is 6.18 Å². The molecule has 3 rings (SSSR count). The van der Waals surface area contributed by atoms with E-state index < -0.39 is 34.8 Å². The molecule has 1 aliphatic heterocycles. The van der Waals surface area contributed by atoms with Gasteiger partial charge in [0.15, 0.2) is 17.9 Å². The second kappa shape index (κ2) is 9.03. The number of anilines is 1. The molecule has 1 fully saturated rings. The highest BCUT2D eigenvalue weighted by Gasteiger charge is 2.34. The van der Waals surface area contributed by atoms with Crippen LogP contribution in [0, 0.1) is 5.82 Å². The number of amides is 1. The number of hydrogen-bond acceptors (Lipinski definition) is 5. The van der Waals surface area contributed by atoms with Gasteiger partial charge in [-0.05, 0) is 36.9 Å². The number of likely N-dealkylation sites (N-methyl/N-ethyl adjacent to an activating group) is 1. The lowest BCUT2D eigenvalue weighted by Crippen LogP contribution is -2.44. The monoisotopic (exact) mass is 439 g/mol. The van der Waals surface area contributed by atoms with Crippen molar-refractivity contribution in [3.05, 3.63) is 58.4 Å². The molecule has 0 aromatic heterocycles. The molecular weight excluding hydrogens is 418 g/mol. The summed E-state index contributed by atoms with van der Waals surface area (Å²) in [5.74, 6) is -3.01. The van der Waals surface area contributed by atoms with Gasteiger partial charge in [-0.2, -0.15) is 13.2 Å². The number of hydrogen-bond donors (Lipinski definition) is 2. The number of halogens is 4. The largest absolute Gasteiger partial charge is 0.504 e. The first kappa shape index (κ1) is 22.7. The van der Waals surface area contributed by atoms with Gasteiger partial charge < -0.3 is 15.3 Å².